The van der Waals surface area contributed by atoms with Crippen molar-refractivity contribution in [2.45, 2.75) is 51.7 Å². The van der Waals surface area contributed by atoms with Gasteiger partial charge in [0.25, 0.3) is 11.8 Å². The molecule has 4 heterocycles. The lowest BCUT2D eigenvalue weighted by molar-refractivity contribution is 0.0721. The number of rotatable bonds is 9. The number of para-hydroxylation sites is 2. The molecule has 0 N–H and O–H groups in total. The fraction of sp³-hybridized carbons (Fsp3) is 0.298. The predicted octanol–water partition coefficient (Wildman–Crippen LogP) is 9.52. The first-order chi connectivity index (χ1) is 33.3. The van der Waals surface area contributed by atoms with E-state index in [0.717, 1.165) is 62.0 Å². The smallest absolute Gasteiger partial charge is 0.409 e. The van der Waals surface area contributed by atoms with Gasteiger partial charge in [0.05, 0.1) is 11.1 Å². The quantitative estimate of drug-likeness (QED) is 0.143. The molecule has 10 rings (SSSR count). The molecule has 0 saturated carbocycles. The second kappa shape index (κ2) is 20.3. The molecule has 11 heteroatoms. The van der Waals surface area contributed by atoms with Gasteiger partial charge in [-0.15, -0.1) is 0 Å². The van der Waals surface area contributed by atoms with Crippen LogP contribution in [0.2, 0.25) is 0 Å². The third-order valence-electron chi connectivity index (χ3n) is 14.1. The highest BCUT2D eigenvalue weighted by atomic mass is 16.6. The van der Waals surface area contributed by atoms with Gasteiger partial charge < -0.3 is 29.1 Å². The Morgan fingerprint density at radius 2 is 1.00 bits per heavy atom. The molecular formula is C57H57N5O6. The summed E-state index contributed by atoms with van der Waals surface area (Å²) < 4.78 is 11.8. The molecule has 11 nitrogen and oxygen atoms in total. The third-order valence-corrected chi connectivity index (χ3v) is 14.1. The zero-order valence-electron chi connectivity index (χ0n) is 38.4. The topological polar surface area (TPSA) is 103 Å². The van der Waals surface area contributed by atoms with E-state index in [1.54, 1.807) is 46.2 Å². The molecule has 6 aromatic carbocycles. The van der Waals surface area contributed by atoms with Crippen molar-refractivity contribution in [1.29, 1.82) is 0 Å². The van der Waals surface area contributed by atoms with E-state index in [9.17, 15) is 19.2 Å². The van der Waals surface area contributed by atoms with Crippen LogP contribution in [0, 0.1) is 5.92 Å². The lowest BCUT2D eigenvalue weighted by Gasteiger charge is -2.34. The van der Waals surface area contributed by atoms with Crippen LogP contribution in [0.1, 0.15) is 66.9 Å². The van der Waals surface area contributed by atoms with Crippen molar-refractivity contribution in [2.24, 2.45) is 5.92 Å². The number of piperazine rings is 1. The molecule has 2 saturated heterocycles. The van der Waals surface area contributed by atoms with Crippen molar-refractivity contribution < 1.29 is 28.7 Å². The molecule has 0 radical (unpaired) electrons. The van der Waals surface area contributed by atoms with Crippen LogP contribution in [0.3, 0.4) is 0 Å². The molecule has 6 aromatic rings. The highest BCUT2D eigenvalue weighted by molar-refractivity contribution is 5.98. The maximum Gasteiger partial charge on any atom is 0.415 e. The van der Waals surface area contributed by atoms with Crippen LogP contribution in [-0.2, 0) is 38.9 Å². The Hall–Kier alpha value is -7.24. The van der Waals surface area contributed by atoms with Crippen molar-refractivity contribution in [2.75, 3.05) is 52.4 Å². The van der Waals surface area contributed by atoms with Gasteiger partial charge in [0.1, 0.15) is 11.5 Å². The summed E-state index contributed by atoms with van der Waals surface area (Å²) in [5.41, 5.74) is 10.4. The third kappa shape index (κ3) is 10.0. The molecule has 4 aliphatic heterocycles. The van der Waals surface area contributed by atoms with Gasteiger partial charge in [0, 0.05) is 72.0 Å². The number of piperidine rings is 1. The van der Waals surface area contributed by atoms with Crippen LogP contribution < -0.4 is 9.47 Å². The van der Waals surface area contributed by atoms with Gasteiger partial charge >= 0.3 is 12.2 Å². The molecule has 346 valence electrons. The Balaban J connectivity index is 0.725. The van der Waals surface area contributed by atoms with E-state index in [0.29, 0.717) is 81.6 Å². The van der Waals surface area contributed by atoms with Crippen LogP contribution in [0.4, 0.5) is 9.59 Å². The van der Waals surface area contributed by atoms with E-state index >= 15 is 0 Å². The number of carbonyl (C=O) groups excluding carboxylic acids is 4. The highest BCUT2D eigenvalue weighted by Gasteiger charge is 2.30. The van der Waals surface area contributed by atoms with Crippen molar-refractivity contribution in [3.8, 4) is 22.6 Å². The van der Waals surface area contributed by atoms with E-state index in [4.69, 9.17) is 9.47 Å². The monoisotopic (exact) mass is 907 g/mol. The molecule has 68 heavy (non-hydrogen) atoms. The standard InChI is InChI=1S/C57H57N5O6/c63-54(61-30-26-43-14-4-5-16-47(43)39-61)50-18-8-10-20-52(50)67-56(65)59-28-24-41(25-29-59)36-45-15-6-7-17-49(45)46-22-23-48-40-62(31-27-44(48)37-46)55(64)51-19-9-11-21-53(51)68-57(66)60-34-32-58(33-35-60)38-42-12-2-1-3-13-42/h1-23,37,41H,24-36,38-40H2. The van der Waals surface area contributed by atoms with Crippen molar-refractivity contribution in [1.82, 2.24) is 24.5 Å². The van der Waals surface area contributed by atoms with Crippen LogP contribution in [-0.4, -0.2) is 101 Å². The molecule has 2 fully saturated rings. The van der Waals surface area contributed by atoms with Gasteiger partial charge in [-0.2, -0.15) is 0 Å². The number of amides is 4. The predicted molar refractivity (Wildman–Crippen MR) is 261 cm³/mol. The van der Waals surface area contributed by atoms with Crippen molar-refractivity contribution in [3.05, 3.63) is 190 Å². The molecule has 0 atom stereocenters. The molecular weight excluding hydrogens is 851 g/mol. The average Bonchev–Trinajstić information content (AvgIpc) is 3.39. The summed E-state index contributed by atoms with van der Waals surface area (Å²) in [6, 6.07) is 47.8. The summed E-state index contributed by atoms with van der Waals surface area (Å²) in [4.78, 5) is 64.1. The summed E-state index contributed by atoms with van der Waals surface area (Å²) in [6.07, 6.45) is 3.25. The Kier molecular flexibility index (Phi) is 13.3. The molecule has 4 amide bonds. The first kappa shape index (κ1) is 44.6. The van der Waals surface area contributed by atoms with Crippen molar-refractivity contribution >= 4 is 24.0 Å². The first-order valence-corrected chi connectivity index (χ1v) is 24.1. The molecule has 0 aromatic heterocycles. The highest BCUT2D eigenvalue weighted by Crippen LogP contribution is 2.34. The minimum Gasteiger partial charge on any atom is -0.409 e. The van der Waals surface area contributed by atoms with Gasteiger partial charge in [0.2, 0.25) is 0 Å². The Labute approximate surface area is 398 Å². The van der Waals surface area contributed by atoms with Gasteiger partial charge in [-0.05, 0) is 107 Å². The molecule has 0 unspecified atom stereocenters. The number of hydrogen-bond acceptors (Lipinski definition) is 7. The maximum atomic E-state index is 14.1. The summed E-state index contributed by atoms with van der Waals surface area (Å²) in [5.74, 6) is 0.692. The largest absolute Gasteiger partial charge is 0.415 e. The fourth-order valence-electron chi connectivity index (χ4n) is 10.2. The second-order valence-corrected chi connectivity index (χ2v) is 18.5. The van der Waals surface area contributed by atoms with Gasteiger partial charge in [-0.1, -0.05) is 121 Å². The lowest BCUT2D eigenvalue weighted by atomic mass is 9.86. The number of likely N-dealkylation sites (tertiary alicyclic amines) is 1. The number of fused-ring (bicyclic) bond motifs is 2. The molecule has 0 bridgehead atoms. The van der Waals surface area contributed by atoms with E-state index < -0.39 is 12.2 Å². The Morgan fingerprint density at radius 3 is 1.66 bits per heavy atom. The number of nitrogens with zero attached hydrogens (tertiary/aromatic N) is 5. The van der Waals surface area contributed by atoms with Crippen LogP contribution >= 0.6 is 0 Å². The maximum absolute atomic E-state index is 14.1. The van der Waals surface area contributed by atoms with E-state index in [-0.39, 0.29) is 17.6 Å². The number of benzene rings is 6. The summed E-state index contributed by atoms with van der Waals surface area (Å²) in [7, 11) is 0. The molecule has 0 aliphatic carbocycles. The zero-order valence-corrected chi connectivity index (χ0v) is 38.4. The second-order valence-electron chi connectivity index (χ2n) is 18.5. The van der Waals surface area contributed by atoms with Crippen LogP contribution in [0.15, 0.2) is 146 Å². The minimum atomic E-state index is -0.431. The average molecular weight is 908 g/mol. The Bertz CT molecular complexity index is 2800. The van der Waals surface area contributed by atoms with E-state index in [1.807, 2.05) is 52.3 Å². The summed E-state index contributed by atoms with van der Waals surface area (Å²) in [6.45, 7) is 6.82. The van der Waals surface area contributed by atoms with Gasteiger partial charge in [-0.25, -0.2) is 9.59 Å². The van der Waals surface area contributed by atoms with Gasteiger partial charge in [-0.3, -0.25) is 14.5 Å². The molecule has 4 aliphatic rings. The first-order valence-electron chi connectivity index (χ1n) is 24.1. The van der Waals surface area contributed by atoms with E-state index in [1.165, 1.54) is 27.8 Å². The SMILES string of the molecule is O=C(Oc1ccccc1C(=O)N1CCc2ccccc2C1)N1CCC(Cc2ccccc2-c2ccc3c(c2)CCN(C(=O)c2ccccc2OC(=O)N2CCN(Cc4ccccc4)CC2)C3)CC1. The van der Waals surface area contributed by atoms with Crippen LogP contribution in [0.25, 0.3) is 11.1 Å². The van der Waals surface area contributed by atoms with E-state index in [2.05, 4.69) is 71.6 Å². The number of ether oxygens (including phenoxy) is 2. The normalized spacial score (nSPS) is 16.4. The fourth-order valence-corrected chi connectivity index (χ4v) is 10.2. The Morgan fingerprint density at radius 1 is 0.471 bits per heavy atom. The van der Waals surface area contributed by atoms with Crippen molar-refractivity contribution in [3.63, 3.8) is 0 Å². The lowest BCUT2D eigenvalue weighted by Crippen LogP contribution is -2.49. The van der Waals surface area contributed by atoms with Gasteiger partial charge in [0.15, 0.2) is 0 Å². The van der Waals surface area contributed by atoms with Crippen LogP contribution in [0.5, 0.6) is 11.5 Å². The summed E-state index contributed by atoms with van der Waals surface area (Å²) in [5, 5.41) is 0. The zero-order chi connectivity index (χ0) is 46.4. The minimum absolute atomic E-state index is 0.130. The molecule has 0 spiro atoms. The number of hydrogen-bond donors (Lipinski definition) is 0. The summed E-state index contributed by atoms with van der Waals surface area (Å²) >= 11 is 0. The number of carbonyl (C=O) groups is 4.